The first kappa shape index (κ1) is 13.1. The molecule has 0 saturated carbocycles. The average molecular weight is 311 g/mol. The molecule has 1 aromatic carbocycles. The fourth-order valence-electron chi connectivity index (χ4n) is 1.53. The van der Waals surface area contributed by atoms with Gasteiger partial charge in [0.2, 0.25) is 0 Å². The van der Waals surface area contributed by atoms with Gasteiger partial charge in [-0.2, -0.15) is 4.98 Å². The van der Waals surface area contributed by atoms with Crippen molar-refractivity contribution in [2.45, 2.75) is 33.3 Å². The Morgan fingerprint density at radius 1 is 1.39 bits per heavy atom. The van der Waals surface area contributed by atoms with Crippen molar-refractivity contribution in [3.8, 4) is 5.75 Å². The van der Waals surface area contributed by atoms with Crippen LogP contribution in [0.25, 0.3) is 0 Å². The third-order valence-corrected chi connectivity index (χ3v) is 3.37. The lowest BCUT2D eigenvalue weighted by atomic mass is 10.2. The Kier molecular flexibility index (Phi) is 4.36. The highest BCUT2D eigenvalue weighted by atomic mass is 79.9. The first-order valence-corrected chi connectivity index (χ1v) is 6.68. The normalized spacial score (nSPS) is 10.6. The second-order valence-corrected chi connectivity index (χ2v) is 4.91. The summed E-state index contributed by atoms with van der Waals surface area (Å²) in [6, 6.07) is 5.83. The molecule has 0 aliphatic rings. The highest BCUT2D eigenvalue weighted by Gasteiger charge is 2.06. The third kappa shape index (κ3) is 3.32. The van der Waals surface area contributed by atoms with E-state index in [0.29, 0.717) is 12.5 Å². The number of nitrogens with zero attached hydrogens (tertiary/aromatic N) is 2. The van der Waals surface area contributed by atoms with Gasteiger partial charge in [0.1, 0.15) is 5.75 Å². The molecule has 0 atom stereocenters. The molecule has 0 radical (unpaired) electrons. The SMILES string of the molecule is CCCc1noc(COc2ccc(Br)c(C)c2)n1. The molecule has 0 spiro atoms. The van der Waals surface area contributed by atoms with E-state index in [2.05, 4.69) is 33.0 Å². The van der Waals surface area contributed by atoms with Gasteiger partial charge in [0, 0.05) is 10.9 Å². The molecule has 96 valence electrons. The smallest absolute Gasteiger partial charge is 0.264 e. The zero-order valence-corrected chi connectivity index (χ0v) is 12.0. The molecular formula is C13H15BrN2O2. The summed E-state index contributed by atoms with van der Waals surface area (Å²) in [6.45, 7) is 4.40. The second-order valence-electron chi connectivity index (χ2n) is 4.05. The summed E-state index contributed by atoms with van der Waals surface area (Å²) in [5.41, 5.74) is 1.13. The highest BCUT2D eigenvalue weighted by molar-refractivity contribution is 9.10. The summed E-state index contributed by atoms with van der Waals surface area (Å²) in [6.07, 6.45) is 1.84. The topological polar surface area (TPSA) is 48.2 Å². The molecular weight excluding hydrogens is 296 g/mol. The quantitative estimate of drug-likeness (QED) is 0.845. The van der Waals surface area contributed by atoms with Crippen LogP contribution in [0, 0.1) is 6.92 Å². The minimum Gasteiger partial charge on any atom is -0.484 e. The molecule has 0 bridgehead atoms. The van der Waals surface area contributed by atoms with Crippen LogP contribution in [0.2, 0.25) is 0 Å². The first-order valence-electron chi connectivity index (χ1n) is 5.89. The molecule has 0 fully saturated rings. The van der Waals surface area contributed by atoms with Crippen LogP contribution in [-0.4, -0.2) is 10.1 Å². The van der Waals surface area contributed by atoms with Gasteiger partial charge in [0.05, 0.1) is 0 Å². The maximum absolute atomic E-state index is 5.60. The zero-order valence-electron chi connectivity index (χ0n) is 10.4. The van der Waals surface area contributed by atoms with Crippen molar-refractivity contribution in [3.05, 3.63) is 40.0 Å². The van der Waals surface area contributed by atoms with Gasteiger partial charge in [0.25, 0.3) is 5.89 Å². The number of ether oxygens (including phenoxy) is 1. The number of aromatic nitrogens is 2. The van der Waals surface area contributed by atoms with E-state index in [1.54, 1.807) is 0 Å². The fourth-order valence-corrected chi connectivity index (χ4v) is 1.77. The summed E-state index contributed by atoms with van der Waals surface area (Å²) in [5.74, 6) is 2.05. The van der Waals surface area contributed by atoms with Crippen LogP contribution in [0.4, 0.5) is 0 Å². The molecule has 0 unspecified atom stereocenters. The Morgan fingerprint density at radius 3 is 2.94 bits per heavy atom. The minimum atomic E-state index is 0.303. The van der Waals surface area contributed by atoms with Crippen LogP contribution < -0.4 is 4.74 Å². The Labute approximate surface area is 114 Å². The van der Waals surface area contributed by atoms with Crippen LogP contribution in [0.15, 0.2) is 27.2 Å². The number of hydrogen-bond donors (Lipinski definition) is 0. The van der Waals surface area contributed by atoms with E-state index < -0.39 is 0 Å². The Morgan fingerprint density at radius 2 is 2.22 bits per heavy atom. The monoisotopic (exact) mass is 310 g/mol. The Bertz CT molecular complexity index is 525. The lowest BCUT2D eigenvalue weighted by molar-refractivity contribution is 0.242. The summed E-state index contributed by atoms with van der Waals surface area (Å²) >= 11 is 3.45. The van der Waals surface area contributed by atoms with E-state index in [0.717, 1.165) is 34.5 Å². The van der Waals surface area contributed by atoms with Gasteiger partial charge < -0.3 is 9.26 Å². The molecule has 1 heterocycles. The Hall–Kier alpha value is -1.36. The van der Waals surface area contributed by atoms with Crippen molar-refractivity contribution < 1.29 is 9.26 Å². The van der Waals surface area contributed by atoms with E-state index in [-0.39, 0.29) is 0 Å². The standard InChI is InChI=1S/C13H15BrN2O2/c1-3-4-12-15-13(18-16-12)8-17-10-5-6-11(14)9(2)7-10/h5-7H,3-4,8H2,1-2H3. The van der Waals surface area contributed by atoms with E-state index in [1.807, 2.05) is 25.1 Å². The van der Waals surface area contributed by atoms with Crippen LogP contribution in [-0.2, 0) is 13.0 Å². The van der Waals surface area contributed by atoms with Crippen molar-refractivity contribution >= 4 is 15.9 Å². The van der Waals surface area contributed by atoms with Crippen molar-refractivity contribution in [2.24, 2.45) is 0 Å². The van der Waals surface area contributed by atoms with E-state index >= 15 is 0 Å². The molecule has 2 rings (SSSR count). The van der Waals surface area contributed by atoms with Crippen LogP contribution >= 0.6 is 15.9 Å². The van der Waals surface area contributed by atoms with Gasteiger partial charge in [0.15, 0.2) is 12.4 Å². The second kappa shape index (κ2) is 6.00. The van der Waals surface area contributed by atoms with Crippen molar-refractivity contribution in [2.75, 3.05) is 0 Å². The Balaban J connectivity index is 1.95. The molecule has 4 nitrogen and oxygen atoms in total. The van der Waals surface area contributed by atoms with Crippen LogP contribution in [0.5, 0.6) is 5.75 Å². The molecule has 1 aromatic heterocycles. The predicted molar refractivity (Wildman–Crippen MR) is 71.5 cm³/mol. The molecule has 2 aromatic rings. The van der Waals surface area contributed by atoms with Gasteiger partial charge in [-0.3, -0.25) is 0 Å². The number of halogens is 1. The lowest BCUT2D eigenvalue weighted by Gasteiger charge is -2.05. The van der Waals surface area contributed by atoms with Gasteiger partial charge >= 0.3 is 0 Å². The maximum Gasteiger partial charge on any atom is 0.264 e. The van der Waals surface area contributed by atoms with Gasteiger partial charge in [-0.15, -0.1) is 0 Å². The summed E-state index contributed by atoms with van der Waals surface area (Å²) in [5, 5.41) is 3.88. The average Bonchev–Trinajstić information content (AvgIpc) is 2.79. The molecule has 5 heteroatoms. The number of benzene rings is 1. The molecule has 0 aliphatic carbocycles. The van der Waals surface area contributed by atoms with Gasteiger partial charge in [-0.1, -0.05) is 28.0 Å². The summed E-state index contributed by atoms with van der Waals surface area (Å²) in [7, 11) is 0. The summed E-state index contributed by atoms with van der Waals surface area (Å²) in [4.78, 5) is 4.24. The summed E-state index contributed by atoms with van der Waals surface area (Å²) < 4.78 is 11.8. The number of hydrogen-bond acceptors (Lipinski definition) is 4. The van der Waals surface area contributed by atoms with Crippen LogP contribution in [0.1, 0.15) is 30.6 Å². The molecule has 0 N–H and O–H groups in total. The van der Waals surface area contributed by atoms with Gasteiger partial charge in [-0.05, 0) is 37.1 Å². The van der Waals surface area contributed by atoms with Crippen molar-refractivity contribution in [3.63, 3.8) is 0 Å². The van der Waals surface area contributed by atoms with E-state index in [9.17, 15) is 0 Å². The largest absolute Gasteiger partial charge is 0.484 e. The molecule has 0 amide bonds. The number of rotatable bonds is 5. The van der Waals surface area contributed by atoms with E-state index in [1.165, 1.54) is 0 Å². The van der Waals surface area contributed by atoms with Crippen molar-refractivity contribution in [1.29, 1.82) is 0 Å². The fraction of sp³-hybridized carbons (Fsp3) is 0.385. The zero-order chi connectivity index (χ0) is 13.0. The van der Waals surface area contributed by atoms with Crippen LogP contribution in [0.3, 0.4) is 0 Å². The maximum atomic E-state index is 5.60. The highest BCUT2D eigenvalue weighted by Crippen LogP contribution is 2.22. The van der Waals surface area contributed by atoms with E-state index in [4.69, 9.17) is 9.26 Å². The lowest BCUT2D eigenvalue weighted by Crippen LogP contribution is -1.96. The third-order valence-electron chi connectivity index (χ3n) is 2.48. The van der Waals surface area contributed by atoms with Crippen molar-refractivity contribution in [1.82, 2.24) is 10.1 Å². The first-order chi connectivity index (χ1) is 8.69. The minimum absolute atomic E-state index is 0.303. The predicted octanol–water partition coefficient (Wildman–Crippen LogP) is 3.67. The van der Waals surface area contributed by atoms with Gasteiger partial charge in [-0.25, -0.2) is 0 Å². The molecule has 18 heavy (non-hydrogen) atoms. The number of aryl methyl sites for hydroxylation is 2. The molecule has 0 saturated heterocycles. The molecule has 0 aliphatic heterocycles.